The van der Waals surface area contributed by atoms with Crippen molar-refractivity contribution in [3.05, 3.63) is 28.2 Å². The monoisotopic (exact) mass is 257 g/mol. The van der Waals surface area contributed by atoms with Crippen LogP contribution in [-0.4, -0.2) is 13.2 Å². The molecule has 0 atom stereocenters. The lowest BCUT2D eigenvalue weighted by molar-refractivity contribution is 0.335. The van der Waals surface area contributed by atoms with E-state index in [-0.39, 0.29) is 0 Å². The van der Waals surface area contributed by atoms with Gasteiger partial charge in [-0.05, 0) is 25.6 Å². The molecule has 0 bridgehead atoms. The molecule has 78 valence electrons. The van der Waals surface area contributed by atoms with Crippen molar-refractivity contribution < 1.29 is 4.74 Å². The van der Waals surface area contributed by atoms with Crippen LogP contribution in [-0.2, 0) is 6.54 Å². The van der Waals surface area contributed by atoms with Crippen LogP contribution in [0.15, 0.2) is 22.7 Å². The molecular weight excluding hydrogens is 242 g/mol. The summed E-state index contributed by atoms with van der Waals surface area (Å²) in [7, 11) is 0. The Balaban J connectivity index is 2.84. The zero-order valence-electron chi connectivity index (χ0n) is 8.64. The summed E-state index contributed by atoms with van der Waals surface area (Å²) in [5, 5.41) is 3.29. The molecule has 14 heavy (non-hydrogen) atoms. The van der Waals surface area contributed by atoms with Gasteiger partial charge in [-0.3, -0.25) is 0 Å². The van der Waals surface area contributed by atoms with E-state index in [2.05, 4.69) is 28.2 Å². The molecule has 1 rings (SSSR count). The SMILES string of the molecule is CCNCc1c(Br)cccc1OCC. The first-order chi connectivity index (χ1) is 6.79. The van der Waals surface area contributed by atoms with Crippen LogP contribution in [0.25, 0.3) is 0 Å². The molecule has 0 radical (unpaired) electrons. The standard InChI is InChI=1S/C11H16BrNO/c1-3-13-8-9-10(12)6-5-7-11(9)14-4-2/h5-7,13H,3-4,8H2,1-2H3. The van der Waals surface area contributed by atoms with Gasteiger partial charge in [-0.15, -0.1) is 0 Å². The molecule has 0 aliphatic carbocycles. The van der Waals surface area contributed by atoms with E-state index < -0.39 is 0 Å². The number of hydrogen-bond acceptors (Lipinski definition) is 2. The van der Waals surface area contributed by atoms with Gasteiger partial charge in [0.25, 0.3) is 0 Å². The minimum absolute atomic E-state index is 0.704. The summed E-state index contributed by atoms with van der Waals surface area (Å²) < 4.78 is 6.65. The van der Waals surface area contributed by atoms with Crippen molar-refractivity contribution in [2.45, 2.75) is 20.4 Å². The average Bonchev–Trinajstić information content (AvgIpc) is 2.18. The van der Waals surface area contributed by atoms with E-state index in [1.165, 1.54) is 5.56 Å². The number of hydrogen-bond donors (Lipinski definition) is 1. The second kappa shape index (κ2) is 6.04. The maximum atomic E-state index is 5.54. The van der Waals surface area contributed by atoms with E-state index in [0.29, 0.717) is 6.61 Å². The largest absolute Gasteiger partial charge is 0.494 e. The van der Waals surface area contributed by atoms with Crippen molar-refractivity contribution in [2.75, 3.05) is 13.2 Å². The van der Waals surface area contributed by atoms with Crippen LogP contribution in [0, 0.1) is 0 Å². The van der Waals surface area contributed by atoms with Crippen molar-refractivity contribution in [3.8, 4) is 5.75 Å². The summed E-state index contributed by atoms with van der Waals surface area (Å²) in [6.45, 7) is 6.60. The second-order valence-corrected chi connectivity index (χ2v) is 3.78. The van der Waals surface area contributed by atoms with Crippen molar-refractivity contribution in [2.24, 2.45) is 0 Å². The summed E-state index contributed by atoms with van der Waals surface area (Å²) in [5.74, 6) is 0.961. The summed E-state index contributed by atoms with van der Waals surface area (Å²) in [5.41, 5.74) is 1.19. The third kappa shape index (κ3) is 3.00. The Hall–Kier alpha value is -0.540. The van der Waals surface area contributed by atoms with Gasteiger partial charge >= 0.3 is 0 Å². The molecule has 0 aliphatic rings. The number of ether oxygens (including phenoxy) is 1. The summed E-state index contributed by atoms with van der Waals surface area (Å²) in [6.07, 6.45) is 0. The quantitative estimate of drug-likeness (QED) is 0.876. The molecular formula is C11H16BrNO. The fourth-order valence-electron chi connectivity index (χ4n) is 1.25. The molecule has 1 N–H and O–H groups in total. The van der Waals surface area contributed by atoms with E-state index in [0.717, 1.165) is 23.3 Å². The fourth-order valence-corrected chi connectivity index (χ4v) is 1.74. The first-order valence-corrected chi connectivity index (χ1v) is 5.69. The molecule has 0 saturated carbocycles. The number of nitrogens with one attached hydrogen (secondary N) is 1. The molecule has 0 spiro atoms. The molecule has 3 heteroatoms. The van der Waals surface area contributed by atoms with E-state index in [4.69, 9.17) is 4.74 Å². The highest BCUT2D eigenvalue weighted by atomic mass is 79.9. The Morgan fingerprint density at radius 3 is 2.79 bits per heavy atom. The topological polar surface area (TPSA) is 21.3 Å². The zero-order valence-corrected chi connectivity index (χ0v) is 10.2. The molecule has 0 aliphatic heterocycles. The minimum atomic E-state index is 0.704. The second-order valence-electron chi connectivity index (χ2n) is 2.93. The smallest absolute Gasteiger partial charge is 0.124 e. The normalized spacial score (nSPS) is 10.2. The number of benzene rings is 1. The van der Waals surface area contributed by atoms with Gasteiger partial charge in [0.05, 0.1) is 6.61 Å². The van der Waals surface area contributed by atoms with Gasteiger partial charge in [0.1, 0.15) is 5.75 Å². The number of halogens is 1. The van der Waals surface area contributed by atoms with Gasteiger partial charge < -0.3 is 10.1 Å². The van der Waals surface area contributed by atoms with Crippen LogP contribution in [0.2, 0.25) is 0 Å². The Bertz CT molecular complexity index is 289. The van der Waals surface area contributed by atoms with Crippen molar-refractivity contribution in [3.63, 3.8) is 0 Å². The Labute approximate surface area is 93.8 Å². The molecule has 1 aromatic carbocycles. The molecule has 0 unspecified atom stereocenters. The number of rotatable bonds is 5. The summed E-state index contributed by atoms with van der Waals surface area (Å²) >= 11 is 3.53. The van der Waals surface area contributed by atoms with Gasteiger partial charge in [0, 0.05) is 16.6 Å². The summed E-state index contributed by atoms with van der Waals surface area (Å²) in [6, 6.07) is 6.03. The predicted octanol–water partition coefficient (Wildman–Crippen LogP) is 2.96. The predicted molar refractivity (Wildman–Crippen MR) is 62.7 cm³/mol. The Kier molecular flexibility index (Phi) is 4.98. The van der Waals surface area contributed by atoms with E-state index in [1.54, 1.807) is 0 Å². The molecule has 0 heterocycles. The first kappa shape index (κ1) is 11.5. The molecule has 0 amide bonds. The van der Waals surface area contributed by atoms with Crippen LogP contribution >= 0.6 is 15.9 Å². The van der Waals surface area contributed by atoms with Gasteiger partial charge in [-0.25, -0.2) is 0 Å². The highest BCUT2D eigenvalue weighted by molar-refractivity contribution is 9.10. The molecule has 0 aromatic heterocycles. The molecule has 0 saturated heterocycles. The maximum absolute atomic E-state index is 5.54. The van der Waals surface area contributed by atoms with Crippen LogP contribution in [0.3, 0.4) is 0 Å². The lowest BCUT2D eigenvalue weighted by atomic mass is 10.2. The van der Waals surface area contributed by atoms with Crippen LogP contribution in [0.4, 0.5) is 0 Å². The highest BCUT2D eigenvalue weighted by Gasteiger charge is 2.06. The average molecular weight is 258 g/mol. The van der Waals surface area contributed by atoms with Crippen LogP contribution < -0.4 is 10.1 Å². The van der Waals surface area contributed by atoms with Crippen LogP contribution in [0.5, 0.6) is 5.75 Å². The molecule has 1 aromatic rings. The lowest BCUT2D eigenvalue weighted by Crippen LogP contribution is -2.13. The van der Waals surface area contributed by atoms with Crippen molar-refractivity contribution >= 4 is 15.9 Å². The third-order valence-electron chi connectivity index (χ3n) is 1.93. The lowest BCUT2D eigenvalue weighted by Gasteiger charge is -2.11. The maximum Gasteiger partial charge on any atom is 0.124 e. The van der Waals surface area contributed by atoms with Crippen LogP contribution in [0.1, 0.15) is 19.4 Å². The van der Waals surface area contributed by atoms with Gasteiger partial charge in [0.2, 0.25) is 0 Å². The highest BCUT2D eigenvalue weighted by Crippen LogP contribution is 2.26. The van der Waals surface area contributed by atoms with E-state index >= 15 is 0 Å². The van der Waals surface area contributed by atoms with Gasteiger partial charge in [0.15, 0.2) is 0 Å². The third-order valence-corrected chi connectivity index (χ3v) is 2.67. The van der Waals surface area contributed by atoms with Gasteiger partial charge in [-0.1, -0.05) is 28.9 Å². The molecule has 2 nitrogen and oxygen atoms in total. The molecule has 0 fully saturated rings. The zero-order chi connectivity index (χ0) is 10.4. The van der Waals surface area contributed by atoms with Crippen molar-refractivity contribution in [1.29, 1.82) is 0 Å². The van der Waals surface area contributed by atoms with Gasteiger partial charge in [-0.2, -0.15) is 0 Å². The first-order valence-electron chi connectivity index (χ1n) is 4.90. The summed E-state index contributed by atoms with van der Waals surface area (Å²) in [4.78, 5) is 0. The van der Waals surface area contributed by atoms with E-state index in [1.807, 2.05) is 25.1 Å². The fraction of sp³-hybridized carbons (Fsp3) is 0.455. The Morgan fingerprint density at radius 2 is 2.14 bits per heavy atom. The van der Waals surface area contributed by atoms with E-state index in [9.17, 15) is 0 Å². The van der Waals surface area contributed by atoms with Crippen molar-refractivity contribution in [1.82, 2.24) is 5.32 Å². The Morgan fingerprint density at radius 1 is 1.36 bits per heavy atom. The minimum Gasteiger partial charge on any atom is -0.494 e.